The Hall–Kier alpha value is -1.21. The fraction of sp³-hybridized carbons (Fsp3) is 0.750. The Kier molecular flexibility index (Phi) is 1.70. The molecular weight excluding hydrogens is 209 g/mol. The van der Waals surface area contributed by atoms with E-state index in [1.165, 1.54) is 0 Å². The molecule has 0 amide bonds. The highest BCUT2D eigenvalue weighted by atomic mass is 19.1. The normalized spacial score (nSPS) is 52.3. The molecule has 0 unspecified atom stereocenters. The van der Waals surface area contributed by atoms with Crippen LogP contribution in [-0.4, -0.2) is 44.6 Å². The van der Waals surface area contributed by atoms with E-state index >= 15 is 0 Å². The highest BCUT2D eigenvalue weighted by Crippen LogP contribution is 2.66. The van der Waals surface area contributed by atoms with E-state index in [1.54, 1.807) is 0 Å². The maximum atomic E-state index is 13.7. The van der Waals surface area contributed by atoms with Crippen molar-refractivity contribution in [2.24, 2.45) is 17.6 Å². The van der Waals surface area contributed by atoms with Crippen LogP contribution < -0.4 is 5.73 Å². The van der Waals surface area contributed by atoms with Gasteiger partial charge in [-0.25, -0.2) is 9.18 Å². The van der Waals surface area contributed by atoms with Gasteiger partial charge in [0.25, 0.3) is 0 Å². The van der Waals surface area contributed by atoms with E-state index in [-0.39, 0.29) is 6.42 Å². The van der Waals surface area contributed by atoms with E-state index in [1.807, 2.05) is 0 Å². The summed E-state index contributed by atoms with van der Waals surface area (Å²) in [6.45, 7) is 0. The lowest BCUT2D eigenvalue weighted by molar-refractivity contribution is -0.153. The summed E-state index contributed by atoms with van der Waals surface area (Å²) in [4.78, 5) is 21.4. The first kappa shape index (κ1) is 10.3. The Labute approximate surface area is 83.5 Å². The van der Waals surface area contributed by atoms with Gasteiger partial charge in [-0.05, 0) is 6.42 Å². The van der Waals surface area contributed by atoms with Crippen LogP contribution in [0.2, 0.25) is 0 Å². The van der Waals surface area contributed by atoms with Crippen molar-refractivity contribution in [2.45, 2.75) is 23.7 Å². The topological polar surface area (TPSA) is 121 Å². The number of alkyl halides is 1. The van der Waals surface area contributed by atoms with Crippen LogP contribution in [0.3, 0.4) is 0 Å². The molecule has 2 fully saturated rings. The van der Waals surface area contributed by atoms with Crippen molar-refractivity contribution in [3.8, 4) is 0 Å². The van der Waals surface area contributed by atoms with Gasteiger partial charge in [0.15, 0.2) is 0 Å². The number of hydrogen-bond donors (Lipinski definition) is 4. The molecule has 2 rings (SSSR count). The van der Waals surface area contributed by atoms with Crippen LogP contribution in [0.25, 0.3) is 0 Å². The third-order valence-electron chi connectivity index (χ3n) is 3.53. The van der Waals surface area contributed by atoms with E-state index in [9.17, 15) is 19.1 Å². The molecule has 2 saturated carbocycles. The first-order chi connectivity index (χ1) is 6.77. The van der Waals surface area contributed by atoms with Gasteiger partial charge in [-0.15, -0.1) is 0 Å². The van der Waals surface area contributed by atoms with Crippen LogP contribution in [0.4, 0.5) is 4.39 Å². The number of carbonyl (C=O) groups is 2. The van der Waals surface area contributed by atoms with E-state index in [0.29, 0.717) is 0 Å². The number of rotatable bonds is 2. The molecule has 0 aromatic carbocycles. The zero-order valence-electron chi connectivity index (χ0n) is 7.55. The maximum Gasteiger partial charge on any atom is 0.342 e. The predicted molar refractivity (Wildman–Crippen MR) is 43.6 cm³/mol. The van der Waals surface area contributed by atoms with Gasteiger partial charge in [-0.3, -0.25) is 4.79 Å². The van der Waals surface area contributed by atoms with E-state index in [4.69, 9.17) is 15.9 Å². The molecule has 15 heavy (non-hydrogen) atoms. The number of carboxylic acid groups (broad SMARTS) is 2. The third kappa shape index (κ3) is 0.895. The summed E-state index contributed by atoms with van der Waals surface area (Å²) >= 11 is 0. The SMILES string of the molecule is N[C@]1(C(=O)O)[C@H]2[C@@H](C[C@@H]1O)[C@]2(F)C(=O)O. The summed E-state index contributed by atoms with van der Waals surface area (Å²) in [5.74, 6) is -5.61. The summed E-state index contributed by atoms with van der Waals surface area (Å²) in [6.07, 6.45) is -1.62. The van der Waals surface area contributed by atoms with E-state index in [0.717, 1.165) is 0 Å². The van der Waals surface area contributed by atoms with Crippen molar-refractivity contribution in [1.82, 2.24) is 0 Å². The van der Waals surface area contributed by atoms with Crippen LogP contribution >= 0.6 is 0 Å². The summed E-state index contributed by atoms with van der Waals surface area (Å²) in [5, 5.41) is 26.8. The molecule has 0 aliphatic heterocycles. The van der Waals surface area contributed by atoms with Crippen molar-refractivity contribution >= 4 is 11.9 Å². The Morgan fingerprint density at radius 1 is 1.33 bits per heavy atom. The Balaban J connectivity index is 2.37. The first-order valence-corrected chi connectivity index (χ1v) is 4.40. The highest BCUT2D eigenvalue weighted by Gasteiger charge is 2.84. The number of halogens is 1. The quantitative estimate of drug-likeness (QED) is 0.452. The molecule has 84 valence electrons. The molecule has 0 radical (unpaired) electrons. The molecular formula is C8H10FNO5. The zero-order valence-corrected chi connectivity index (χ0v) is 7.55. The average Bonchev–Trinajstić information content (AvgIpc) is 2.60. The second kappa shape index (κ2) is 2.48. The fourth-order valence-electron chi connectivity index (χ4n) is 2.62. The molecule has 5 N–H and O–H groups in total. The van der Waals surface area contributed by atoms with Crippen LogP contribution in [0, 0.1) is 11.8 Å². The van der Waals surface area contributed by atoms with E-state index < -0.39 is 41.1 Å². The van der Waals surface area contributed by atoms with Gasteiger partial charge in [-0.2, -0.15) is 0 Å². The number of nitrogens with two attached hydrogens (primary N) is 1. The summed E-state index contributed by atoms with van der Waals surface area (Å²) in [5.41, 5.74) is 0.617. The van der Waals surface area contributed by atoms with Crippen molar-refractivity contribution < 1.29 is 29.3 Å². The fourth-order valence-corrected chi connectivity index (χ4v) is 2.62. The van der Waals surface area contributed by atoms with Crippen molar-refractivity contribution in [3.63, 3.8) is 0 Å². The Bertz CT molecular complexity index is 361. The standard InChI is InChI=1S/C8H10FNO5/c9-7(5(12)13)2-1-3(11)8(10,4(2)7)6(14)15/h2-4,11H,1,10H2,(H,12,13)(H,14,15)/t2-,3+,4+,7-,8+/m1/s1. The van der Waals surface area contributed by atoms with Crippen LogP contribution in [0.5, 0.6) is 0 Å². The lowest BCUT2D eigenvalue weighted by atomic mass is 9.88. The second-order valence-corrected chi connectivity index (χ2v) is 4.15. The molecule has 6 nitrogen and oxygen atoms in total. The van der Waals surface area contributed by atoms with Gasteiger partial charge in [0.05, 0.1) is 6.10 Å². The van der Waals surface area contributed by atoms with Crippen LogP contribution in [0.1, 0.15) is 6.42 Å². The molecule has 2 aliphatic carbocycles. The van der Waals surface area contributed by atoms with Crippen LogP contribution in [-0.2, 0) is 9.59 Å². The monoisotopic (exact) mass is 219 g/mol. The number of fused-ring (bicyclic) bond motifs is 1. The van der Waals surface area contributed by atoms with Gasteiger partial charge < -0.3 is 21.1 Å². The maximum absolute atomic E-state index is 13.7. The first-order valence-electron chi connectivity index (χ1n) is 4.40. The minimum Gasteiger partial charge on any atom is -0.480 e. The molecule has 0 aromatic heterocycles. The Morgan fingerprint density at radius 3 is 2.27 bits per heavy atom. The minimum atomic E-state index is -2.59. The number of aliphatic carboxylic acids is 2. The number of carboxylic acids is 2. The third-order valence-corrected chi connectivity index (χ3v) is 3.53. The molecule has 0 saturated heterocycles. The van der Waals surface area contributed by atoms with Gasteiger partial charge in [0, 0.05) is 11.8 Å². The second-order valence-electron chi connectivity index (χ2n) is 4.15. The zero-order chi connectivity index (χ0) is 11.6. The smallest absolute Gasteiger partial charge is 0.342 e. The molecule has 0 bridgehead atoms. The molecule has 2 aliphatic rings. The molecule has 0 heterocycles. The summed E-state index contributed by atoms with van der Waals surface area (Å²) in [6, 6.07) is 0. The van der Waals surface area contributed by atoms with Crippen LogP contribution in [0.15, 0.2) is 0 Å². The van der Waals surface area contributed by atoms with E-state index in [2.05, 4.69) is 0 Å². The minimum absolute atomic E-state index is 0.226. The highest BCUT2D eigenvalue weighted by molar-refractivity contribution is 5.90. The number of aliphatic hydroxyl groups is 1. The lowest BCUT2D eigenvalue weighted by Crippen LogP contribution is -2.59. The number of aliphatic hydroxyl groups excluding tert-OH is 1. The summed E-state index contributed by atoms with van der Waals surface area (Å²) in [7, 11) is 0. The molecule has 7 heteroatoms. The van der Waals surface area contributed by atoms with Gasteiger partial charge in [0.1, 0.15) is 5.54 Å². The van der Waals surface area contributed by atoms with Gasteiger partial charge in [-0.1, -0.05) is 0 Å². The lowest BCUT2D eigenvalue weighted by Gasteiger charge is -2.27. The van der Waals surface area contributed by atoms with Crippen molar-refractivity contribution in [1.29, 1.82) is 0 Å². The summed E-state index contributed by atoms with van der Waals surface area (Å²) < 4.78 is 13.7. The number of hydrogen-bond acceptors (Lipinski definition) is 4. The molecule has 0 aromatic rings. The van der Waals surface area contributed by atoms with Crippen molar-refractivity contribution in [2.75, 3.05) is 0 Å². The van der Waals surface area contributed by atoms with Gasteiger partial charge in [0.2, 0.25) is 5.67 Å². The average molecular weight is 219 g/mol. The molecule has 5 atom stereocenters. The van der Waals surface area contributed by atoms with Gasteiger partial charge >= 0.3 is 11.9 Å². The Morgan fingerprint density at radius 2 is 1.87 bits per heavy atom. The predicted octanol–water partition coefficient (Wildman–Crippen LogP) is -1.43. The van der Waals surface area contributed by atoms with Crippen molar-refractivity contribution in [3.05, 3.63) is 0 Å². The molecule has 0 spiro atoms. The largest absolute Gasteiger partial charge is 0.480 e.